The SMILES string of the molecule is C=CC(Nc1ccc(N(CC)CC)cc1)C(=O)OC. The van der Waals surface area contributed by atoms with Crippen LogP contribution in [0.1, 0.15) is 13.8 Å². The van der Waals surface area contributed by atoms with Crippen molar-refractivity contribution in [2.45, 2.75) is 19.9 Å². The lowest BCUT2D eigenvalue weighted by molar-refractivity contribution is -0.140. The summed E-state index contributed by atoms with van der Waals surface area (Å²) in [6, 6.07) is 7.45. The van der Waals surface area contributed by atoms with Crippen molar-refractivity contribution >= 4 is 17.3 Å². The van der Waals surface area contributed by atoms with Crippen LogP contribution in [-0.2, 0) is 9.53 Å². The van der Waals surface area contributed by atoms with Gasteiger partial charge in [-0.1, -0.05) is 6.08 Å². The van der Waals surface area contributed by atoms with Crippen LogP contribution in [0.15, 0.2) is 36.9 Å². The Morgan fingerprint density at radius 2 is 1.95 bits per heavy atom. The van der Waals surface area contributed by atoms with Gasteiger partial charge in [-0.05, 0) is 38.1 Å². The van der Waals surface area contributed by atoms with Gasteiger partial charge in [-0.3, -0.25) is 0 Å². The summed E-state index contributed by atoms with van der Waals surface area (Å²) in [4.78, 5) is 13.7. The molecule has 0 aliphatic carbocycles. The summed E-state index contributed by atoms with van der Waals surface area (Å²) < 4.78 is 4.69. The van der Waals surface area contributed by atoms with Gasteiger partial charge in [0.25, 0.3) is 0 Å². The maximum Gasteiger partial charge on any atom is 0.332 e. The van der Waals surface area contributed by atoms with E-state index in [1.807, 2.05) is 24.3 Å². The molecule has 4 heteroatoms. The minimum atomic E-state index is -0.524. The summed E-state index contributed by atoms with van der Waals surface area (Å²) in [5, 5.41) is 3.07. The fraction of sp³-hybridized carbons (Fsp3) is 0.400. The number of carbonyl (C=O) groups is 1. The molecule has 0 saturated heterocycles. The van der Waals surface area contributed by atoms with Crippen molar-refractivity contribution in [3.8, 4) is 0 Å². The molecule has 4 nitrogen and oxygen atoms in total. The minimum Gasteiger partial charge on any atom is -0.467 e. The fourth-order valence-corrected chi connectivity index (χ4v) is 1.88. The van der Waals surface area contributed by atoms with Crippen LogP contribution >= 0.6 is 0 Å². The summed E-state index contributed by atoms with van der Waals surface area (Å²) >= 11 is 0. The quantitative estimate of drug-likeness (QED) is 0.606. The Balaban J connectivity index is 2.76. The lowest BCUT2D eigenvalue weighted by atomic mass is 10.2. The zero-order valence-electron chi connectivity index (χ0n) is 11.8. The number of ether oxygens (including phenoxy) is 1. The molecule has 104 valence electrons. The van der Waals surface area contributed by atoms with E-state index < -0.39 is 6.04 Å². The van der Waals surface area contributed by atoms with Gasteiger partial charge in [-0.25, -0.2) is 4.79 Å². The Bertz CT molecular complexity index is 411. The Hall–Kier alpha value is -1.97. The molecule has 0 saturated carbocycles. The average molecular weight is 262 g/mol. The number of nitrogens with one attached hydrogen (secondary N) is 1. The van der Waals surface area contributed by atoms with Crippen molar-refractivity contribution in [1.82, 2.24) is 0 Å². The molecule has 0 heterocycles. The fourth-order valence-electron chi connectivity index (χ4n) is 1.88. The van der Waals surface area contributed by atoms with E-state index in [2.05, 4.69) is 30.6 Å². The number of esters is 1. The van der Waals surface area contributed by atoms with Gasteiger partial charge < -0.3 is 15.0 Å². The van der Waals surface area contributed by atoms with E-state index in [4.69, 9.17) is 4.74 Å². The second-order valence-electron chi connectivity index (χ2n) is 4.10. The minimum absolute atomic E-state index is 0.345. The van der Waals surface area contributed by atoms with Crippen LogP contribution in [0.4, 0.5) is 11.4 Å². The number of hydrogen-bond acceptors (Lipinski definition) is 4. The Kier molecular flexibility index (Phi) is 5.93. The smallest absolute Gasteiger partial charge is 0.332 e. The second kappa shape index (κ2) is 7.46. The van der Waals surface area contributed by atoms with E-state index in [1.54, 1.807) is 0 Å². The predicted octanol–water partition coefficient (Wildman–Crippen LogP) is 2.67. The van der Waals surface area contributed by atoms with Gasteiger partial charge in [-0.15, -0.1) is 6.58 Å². The summed E-state index contributed by atoms with van der Waals surface area (Å²) in [7, 11) is 1.37. The highest BCUT2D eigenvalue weighted by molar-refractivity contribution is 5.81. The number of nitrogens with zero attached hydrogens (tertiary/aromatic N) is 1. The normalized spacial score (nSPS) is 11.5. The standard InChI is InChI=1S/C15H22N2O2/c1-5-14(15(18)19-4)16-12-8-10-13(11-9-12)17(6-2)7-3/h5,8-11,14,16H,1,6-7H2,2-4H3. The highest BCUT2D eigenvalue weighted by Crippen LogP contribution is 2.18. The number of benzene rings is 1. The highest BCUT2D eigenvalue weighted by atomic mass is 16.5. The molecular weight excluding hydrogens is 240 g/mol. The van der Waals surface area contributed by atoms with Crippen molar-refractivity contribution in [2.75, 3.05) is 30.4 Å². The van der Waals surface area contributed by atoms with Crippen LogP contribution in [-0.4, -0.2) is 32.2 Å². The van der Waals surface area contributed by atoms with Crippen molar-refractivity contribution in [3.63, 3.8) is 0 Å². The van der Waals surface area contributed by atoms with Gasteiger partial charge in [0, 0.05) is 24.5 Å². The molecule has 1 N–H and O–H groups in total. The van der Waals surface area contributed by atoms with Crippen LogP contribution < -0.4 is 10.2 Å². The molecule has 1 rings (SSSR count). The lowest BCUT2D eigenvalue weighted by Gasteiger charge is -2.21. The molecule has 1 aromatic rings. The largest absolute Gasteiger partial charge is 0.467 e. The number of rotatable bonds is 7. The lowest BCUT2D eigenvalue weighted by Crippen LogP contribution is -2.28. The summed E-state index contributed by atoms with van der Waals surface area (Å²) in [5.41, 5.74) is 2.04. The van der Waals surface area contributed by atoms with E-state index in [9.17, 15) is 4.79 Å². The Labute approximate surface area is 115 Å². The third-order valence-corrected chi connectivity index (χ3v) is 3.01. The molecule has 0 fully saturated rings. The van der Waals surface area contributed by atoms with Gasteiger partial charge >= 0.3 is 5.97 Å². The van der Waals surface area contributed by atoms with E-state index in [-0.39, 0.29) is 5.97 Å². The van der Waals surface area contributed by atoms with Crippen LogP contribution in [0.5, 0.6) is 0 Å². The first kappa shape index (κ1) is 15.1. The molecule has 1 unspecified atom stereocenters. The van der Waals surface area contributed by atoms with E-state index >= 15 is 0 Å². The van der Waals surface area contributed by atoms with Gasteiger partial charge in [0.2, 0.25) is 0 Å². The molecule has 0 aliphatic rings. The van der Waals surface area contributed by atoms with E-state index in [0.717, 1.165) is 18.8 Å². The number of hydrogen-bond donors (Lipinski definition) is 1. The third-order valence-electron chi connectivity index (χ3n) is 3.01. The number of anilines is 2. The van der Waals surface area contributed by atoms with Crippen LogP contribution in [0.3, 0.4) is 0 Å². The predicted molar refractivity (Wildman–Crippen MR) is 79.6 cm³/mol. The van der Waals surface area contributed by atoms with Gasteiger partial charge in [0.05, 0.1) is 7.11 Å². The van der Waals surface area contributed by atoms with Crippen LogP contribution in [0.25, 0.3) is 0 Å². The number of methoxy groups -OCH3 is 1. The first-order valence-corrected chi connectivity index (χ1v) is 6.48. The first-order chi connectivity index (χ1) is 9.15. The second-order valence-corrected chi connectivity index (χ2v) is 4.10. The monoisotopic (exact) mass is 262 g/mol. The van der Waals surface area contributed by atoms with Gasteiger partial charge in [-0.2, -0.15) is 0 Å². The molecule has 0 amide bonds. The Morgan fingerprint density at radius 1 is 1.37 bits per heavy atom. The maximum absolute atomic E-state index is 11.5. The molecule has 1 atom stereocenters. The molecule has 0 bridgehead atoms. The zero-order valence-corrected chi connectivity index (χ0v) is 11.8. The number of carbonyl (C=O) groups excluding carboxylic acids is 1. The van der Waals surface area contributed by atoms with Gasteiger partial charge in [0.15, 0.2) is 0 Å². The van der Waals surface area contributed by atoms with Crippen LogP contribution in [0.2, 0.25) is 0 Å². The molecule has 0 spiro atoms. The van der Waals surface area contributed by atoms with E-state index in [0.29, 0.717) is 0 Å². The van der Waals surface area contributed by atoms with Crippen molar-refractivity contribution in [3.05, 3.63) is 36.9 Å². The third kappa shape index (κ3) is 4.02. The molecule has 0 aromatic heterocycles. The molecule has 19 heavy (non-hydrogen) atoms. The molecule has 1 aromatic carbocycles. The van der Waals surface area contributed by atoms with Crippen molar-refractivity contribution in [1.29, 1.82) is 0 Å². The maximum atomic E-state index is 11.5. The van der Waals surface area contributed by atoms with Crippen LogP contribution in [0, 0.1) is 0 Å². The molecule has 0 radical (unpaired) electrons. The van der Waals surface area contributed by atoms with Crippen molar-refractivity contribution in [2.24, 2.45) is 0 Å². The first-order valence-electron chi connectivity index (χ1n) is 6.48. The van der Waals surface area contributed by atoms with Gasteiger partial charge in [0.1, 0.15) is 6.04 Å². The summed E-state index contributed by atoms with van der Waals surface area (Å²) in [6.07, 6.45) is 1.53. The summed E-state index contributed by atoms with van der Waals surface area (Å²) in [5.74, 6) is -0.345. The highest BCUT2D eigenvalue weighted by Gasteiger charge is 2.14. The van der Waals surface area contributed by atoms with E-state index in [1.165, 1.54) is 18.9 Å². The topological polar surface area (TPSA) is 41.6 Å². The zero-order chi connectivity index (χ0) is 14.3. The molecule has 0 aliphatic heterocycles. The molecular formula is C15H22N2O2. The average Bonchev–Trinajstić information content (AvgIpc) is 2.46. The summed E-state index contributed by atoms with van der Waals surface area (Å²) in [6.45, 7) is 9.82. The Morgan fingerprint density at radius 3 is 2.37 bits per heavy atom. The van der Waals surface area contributed by atoms with Crippen molar-refractivity contribution < 1.29 is 9.53 Å².